The summed E-state index contributed by atoms with van der Waals surface area (Å²) in [5.74, 6) is 0.746. The summed E-state index contributed by atoms with van der Waals surface area (Å²) in [5, 5.41) is 0. The summed E-state index contributed by atoms with van der Waals surface area (Å²) in [6.07, 6.45) is 2.29. The Balaban J connectivity index is 2.75. The summed E-state index contributed by atoms with van der Waals surface area (Å²) in [4.78, 5) is 8.46. The minimum absolute atomic E-state index is 0.282. The van der Waals surface area contributed by atoms with Gasteiger partial charge >= 0.3 is 0 Å². The molecule has 0 fully saturated rings. The Morgan fingerprint density at radius 3 is 2.61 bits per heavy atom. The Hall–Kier alpha value is -0.870. The van der Waals surface area contributed by atoms with Crippen molar-refractivity contribution in [3.63, 3.8) is 0 Å². The number of pyridine rings is 1. The van der Waals surface area contributed by atoms with Gasteiger partial charge in [0.25, 0.3) is 0 Å². The molecule has 0 N–H and O–H groups in total. The first-order valence-electron chi connectivity index (χ1n) is 6.18. The molecule has 0 saturated carbocycles. The third kappa shape index (κ3) is 4.42. The first kappa shape index (κ1) is 15.2. The zero-order valence-corrected chi connectivity index (χ0v) is 12.0. The van der Waals surface area contributed by atoms with Crippen molar-refractivity contribution in [2.24, 2.45) is 0 Å². The highest BCUT2D eigenvalue weighted by atomic mass is 35.5. The molecule has 18 heavy (non-hydrogen) atoms. The lowest BCUT2D eigenvalue weighted by atomic mass is 10.2. The maximum Gasteiger partial charge on any atom is 0.141 e. The highest BCUT2D eigenvalue weighted by Crippen LogP contribution is 2.20. The van der Waals surface area contributed by atoms with Gasteiger partial charge in [-0.15, -0.1) is 11.6 Å². The molecule has 0 unspecified atom stereocenters. The largest absolute Gasteiger partial charge is 0.357 e. The van der Waals surface area contributed by atoms with Crippen LogP contribution in [0.25, 0.3) is 0 Å². The van der Waals surface area contributed by atoms with E-state index in [-0.39, 0.29) is 11.7 Å². The lowest BCUT2D eigenvalue weighted by molar-refractivity contribution is 0.400. The molecule has 0 aliphatic heterocycles. The quantitative estimate of drug-likeness (QED) is 0.712. The lowest BCUT2D eigenvalue weighted by Gasteiger charge is -2.24. The second-order valence-electron chi connectivity index (χ2n) is 4.51. The van der Waals surface area contributed by atoms with E-state index in [2.05, 4.69) is 35.8 Å². The Morgan fingerprint density at radius 2 is 2.06 bits per heavy atom. The standard InChI is InChI=1S/C13H21ClFN3/c1-4-18(7-5-6-17(2)3)13-11(9-14)8-12(15)10-16-13/h8,10H,4-7,9H2,1-3H3. The Bertz CT molecular complexity index is 371. The van der Waals surface area contributed by atoms with E-state index in [0.717, 1.165) is 37.4 Å². The average molecular weight is 274 g/mol. The summed E-state index contributed by atoms with van der Waals surface area (Å²) < 4.78 is 13.1. The number of anilines is 1. The zero-order valence-electron chi connectivity index (χ0n) is 11.3. The average Bonchev–Trinajstić information content (AvgIpc) is 2.34. The molecule has 0 aliphatic carbocycles. The Kier molecular flexibility index (Phi) is 6.36. The van der Waals surface area contributed by atoms with E-state index in [1.807, 2.05) is 0 Å². The SMILES string of the molecule is CCN(CCCN(C)C)c1ncc(F)cc1CCl. The van der Waals surface area contributed by atoms with Crippen LogP contribution in [0.1, 0.15) is 18.9 Å². The molecule has 0 aliphatic rings. The van der Waals surface area contributed by atoms with Crippen LogP contribution in [0.3, 0.4) is 0 Å². The van der Waals surface area contributed by atoms with Gasteiger partial charge < -0.3 is 9.80 Å². The monoisotopic (exact) mass is 273 g/mol. The summed E-state index contributed by atoms with van der Waals surface area (Å²) in [6.45, 7) is 4.83. The number of rotatable bonds is 7. The van der Waals surface area contributed by atoms with Crippen LogP contribution in [0.4, 0.5) is 10.2 Å². The maximum absolute atomic E-state index is 13.1. The lowest BCUT2D eigenvalue weighted by Crippen LogP contribution is -2.28. The summed E-state index contributed by atoms with van der Waals surface area (Å²) in [5.41, 5.74) is 0.753. The van der Waals surface area contributed by atoms with Gasteiger partial charge in [-0.2, -0.15) is 0 Å². The van der Waals surface area contributed by atoms with Crippen LogP contribution < -0.4 is 4.90 Å². The van der Waals surface area contributed by atoms with E-state index in [1.165, 1.54) is 12.3 Å². The smallest absolute Gasteiger partial charge is 0.141 e. The van der Waals surface area contributed by atoms with Gasteiger partial charge in [0.2, 0.25) is 0 Å². The number of hydrogen-bond acceptors (Lipinski definition) is 3. The van der Waals surface area contributed by atoms with Crippen LogP contribution >= 0.6 is 11.6 Å². The zero-order chi connectivity index (χ0) is 13.5. The predicted octanol–water partition coefficient (Wildman–Crippen LogP) is 2.74. The van der Waals surface area contributed by atoms with Gasteiger partial charge in [-0.1, -0.05) is 0 Å². The van der Waals surface area contributed by atoms with Crippen LogP contribution in [-0.2, 0) is 5.88 Å². The molecule has 1 rings (SSSR count). The molecule has 1 aromatic heterocycles. The third-order valence-electron chi connectivity index (χ3n) is 2.77. The number of hydrogen-bond donors (Lipinski definition) is 0. The molecule has 1 heterocycles. The number of alkyl halides is 1. The first-order chi connectivity index (χ1) is 8.58. The van der Waals surface area contributed by atoms with Gasteiger partial charge in [-0.25, -0.2) is 9.37 Å². The number of nitrogens with zero attached hydrogens (tertiary/aromatic N) is 3. The van der Waals surface area contributed by atoms with E-state index in [4.69, 9.17) is 11.6 Å². The fourth-order valence-corrected chi connectivity index (χ4v) is 2.05. The Morgan fingerprint density at radius 1 is 1.33 bits per heavy atom. The van der Waals surface area contributed by atoms with Crippen LogP contribution in [0.15, 0.2) is 12.3 Å². The summed E-state index contributed by atoms with van der Waals surface area (Å²) >= 11 is 5.85. The second-order valence-corrected chi connectivity index (χ2v) is 4.77. The second kappa shape index (κ2) is 7.54. The third-order valence-corrected chi connectivity index (χ3v) is 3.06. The molecule has 3 nitrogen and oxygen atoms in total. The highest BCUT2D eigenvalue weighted by molar-refractivity contribution is 6.17. The van der Waals surface area contributed by atoms with Crippen LogP contribution in [0.2, 0.25) is 0 Å². The van der Waals surface area contributed by atoms with Crippen molar-refractivity contribution in [3.05, 3.63) is 23.6 Å². The van der Waals surface area contributed by atoms with E-state index < -0.39 is 0 Å². The topological polar surface area (TPSA) is 19.4 Å². The van der Waals surface area contributed by atoms with E-state index in [9.17, 15) is 4.39 Å². The van der Waals surface area contributed by atoms with Gasteiger partial charge in [0.05, 0.1) is 12.1 Å². The van der Waals surface area contributed by atoms with E-state index in [0.29, 0.717) is 0 Å². The summed E-state index contributed by atoms with van der Waals surface area (Å²) in [7, 11) is 4.10. The molecule has 102 valence electrons. The van der Waals surface area contributed by atoms with Crippen molar-refractivity contribution >= 4 is 17.4 Å². The van der Waals surface area contributed by atoms with Gasteiger partial charge in [0.1, 0.15) is 11.6 Å². The Labute approximate surface area is 114 Å². The molecule has 0 atom stereocenters. The minimum Gasteiger partial charge on any atom is -0.357 e. The first-order valence-corrected chi connectivity index (χ1v) is 6.72. The molecule has 0 bridgehead atoms. The van der Waals surface area contributed by atoms with Gasteiger partial charge in [-0.3, -0.25) is 0 Å². The maximum atomic E-state index is 13.1. The molecular weight excluding hydrogens is 253 g/mol. The number of aromatic nitrogens is 1. The normalized spacial score (nSPS) is 11.0. The fourth-order valence-electron chi connectivity index (χ4n) is 1.85. The van der Waals surface area contributed by atoms with E-state index in [1.54, 1.807) is 0 Å². The fraction of sp³-hybridized carbons (Fsp3) is 0.615. The molecule has 0 radical (unpaired) electrons. The number of halogens is 2. The van der Waals surface area contributed by atoms with Crippen molar-refractivity contribution in [2.75, 3.05) is 38.6 Å². The summed E-state index contributed by atoms with van der Waals surface area (Å²) in [6, 6.07) is 1.46. The molecule has 0 amide bonds. The van der Waals surface area contributed by atoms with Crippen molar-refractivity contribution < 1.29 is 4.39 Å². The highest BCUT2D eigenvalue weighted by Gasteiger charge is 2.11. The molecular formula is C13H21ClFN3. The molecule has 5 heteroatoms. The van der Waals surface area contributed by atoms with Crippen LogP contribution in [0.5, 0.6) is 0 Å². The molecule has 0 aromatic carbocycles. The molecule has 1 aromatic rings. The van der Waals surface area contributed by atoms with Crippen molar-refractivity contribution in [1.82, 2.24) is 9.88 Å². The van der Waals surface area contributed by atoms with Crippen molar-refractivity contribution in [1.29, 1.82) is 0 Å². The van der Waals surface area contributed by atoms with Crippen LogP contribution in [-0.4, -0.2) is 43.6 Å². The van der Waals surface area contributed by atoms with E-state index >= 15 is 0 Å². The molecule has 0 saturated heterocycles. The minimum atomic E-state index is -0.334. The van der Waals surface area contributed by atoms with Gasteiger partial charge in [0.15, 0.2) is 0 Å². The van der Waals surface area contributed by atoms with Gasteiger partial charge in [0, 0.05) is 18.7 Å². The van der Waals surface area contributed by atoms with Crippen LogP contribution in [0, 0.1) is 5.82 Å². The molecule has 0 spiro atoms. The van der Waals surface area contributed by atoms with Crippen molar-refractivity contribution in [2.45, 2.75) is 19.2 Å². The van der Waals surface area contributed by atoms with Crippen molar-refractivity contribution in [3.8, 4) is 0 Å². The predicted molar refractivity (Wildman–Crippen MR) is 74.8 cm³/mol. The van der Waals surface area contributed by atoms with Gasteiger partial charge in [-0.05, 0) is 40.1 Å².